The molecule has 0 fully saturated rings. The van der Waals surface area contributed by atoms with E-state index in [0.717, 1.165) is 11.3 Å². The fourth-order valence-electron chi connectivity index (χ4n) is 1.43. The Morgan fingerprint density at radius 1 is 1.13 bits per heavy atom. The summed E-state index contributed by atoms with van der Waals surface area (Å²) in [6, 6.07) is 7.76. The molecule has 15 heavy (non-hydrogen) atoms. The van der Waals surface area contributed by atoms with Gasteiger partial charge in [-0.25, -0.2) is 9.97 Å². The van der Waals surface area contributed by atoms with Gasteiger partial charge in [-0.05, 0) is 25.1 Å². The van der Waals surface area contributed by atoms with Gasteiger partial charge in [0, 0.05) is 12.4 Å². The summed E-state index contributed by atoms with van der Waals surface area (Å²) in [4.78, 5) is 8.42. The molecule has 0 aliphatic rings. The summed E-state index contributed by atoms with van der Waals surface area (Å²) in [5.41, 5.74) is 2.09. The molecule has 0 amide bonds. The topological polar surface area (TPSA) is 35.0 Å². The highest BCUT2D eigenvalue weighted by atomic mass is 16.5. The number of nitrogens with zero attached hydrogens (tertiary/aromatic N) is 2. The van der Waals surface area contributed by atoms with Crippen LogP contribution in [-0.2, 0) is 0 Å². The SMILES string of the molecule is COc1ccc(C)cc1-c1ncccn1. The summed E-state index contributed by atoms with van der Waals surface area (Å²) in [5, 5.41) is 0. The number of rotatable bonds is 2. The number of hydrogen-bond donors (Lipinski definition) is 0. The first kappa shape index (κ1) is 9.65. The first-order chi connectivity index (χ1) is 7.31. The molecule has 1 aromatic heterocycles. The second-order valence-electron chi connectivity index (χ2n) is 3.28. The van der Waals surface area contributed by atoms with Crippen molar-refractivity contribution in [2.24, 2.45) is 0 Å². The van der Waals surface area contributed by atoms with Crippen molar-refractivity contribution < 1.29 is 4.74 Å². The van der Waals surface area contributed by atoms with Crippen LogP contribution in [0.2, 0.25) is 0 Å². The average Bonchev–Trinajstić information content (AvgIpc) is 2.30. The molecule has 0 N–H and O–H groups in total. The first-order valence-corrected chi connectivity index (χ1v) is 4.73. The molecule has 0 atom stereocenters. The van der Waals surface area contributed by atoms with Crippen molar-refractivity contribution in [2.75, 3.05) is 7.11 Å². The molecule has 0 bridgehead atoms. The molecule has 0 aliphatic heterocycles. The van der Waals surface area contributed by atoms with E-state index in [9.17, 15) is 0 Å². The molecule has 1 aromatic carbocycles. The van der Waals surface area contributed by atoms with Crippen LogP contribution < -0.4 is 4.74 Å². The third kappa shape index (κ3) is 1.96. The standard InChI is InChI=1S/C12H12N2O/c1-9-4-5-11(15-2)10(8-9)12-13-6-3-7-14-12/h3-8H,1-2H3. The van der Waals surface area contributed by atoms with Crippen molar-refractivity contribution >= 4 is 0 Å². The number of methoxy groups -OCH3 is 1. The van der Waals surface area contributed by atoms with E-state index >= 15 is 0 Å². The van der Waals surface area contributed by atoms with Gasteiger partial charge in [0.15, 0.2) is 5.82 Å². The third-order valence-corrected chi connectivity index (χ3v) is 2.16. The Kier molecular flexibility index (Phi) is 2.63. The number of ether oxygens (including phenoxy) is 1. The third-order valence-electron chi connectivity index (χ3n) is 2.16. The molecule has 2 aromatic rings. The van der Waals surface area contributed by atoms with Gasteiger partial charge in [-0.1, -0.05) is 11.6 Å². The predicted octanol–water partition coefficient (Wildman–Crippen LogP) is 2.46. The summed E-state index contributed by atoms with van der Waals surface area (Å²) in [6.07, 6.45) is 3.45. The van der Waals surface area contributed by atoms with Crippen LogP contribution in [-0.4, -0.2) is 17.1 Å². The summed E-state index contributed by atoms with van der Waals surface area (Å²) in [5.74, 6) is 1.49. The molecular formula is C12H12N2O. The fourth-order valence-corrected chi connectivity index (χ4v) is 1.43. The highest BCUT2D eigenvalue weighted by Crippen LogP contribution is 2.27. The Morgan fingerprint density at radius 2 is 1.87 bits per heavy atom. The second kappa shape index (κ2) is 4.09. The Balaban J connectivity index is 2.56. The van der Waals surface area contributed by atoms with E-state index < -0.39 is 0 Å². The molecule has 2 rings (SSSR count). The van der Waals surface area contributed by atoms with Crippen molar-refractivity contribution in [2.45, 2.75) is 6.92 Å². The van der Waals surface area contributed by atoms with Crippen LogP contribution in [0.15, 0.2) is 36.7 Å². The number of hydrogen-bond acceptors (Lipinski definition) is 3. The first-order valence-electron chi connectivity index (χ1n) is 4.73. The van der Waals surface area contributed by atoms with Gasteiger partial charge in [0.1, 0.15) is 5.75 Å². The van der Waals surface area contributed by atoms with Gasteiger partial charge in [-0.3, -0.25) is 0 Å². The normalized spacial score (nSPS) is 10.0. The largest absolute Gasteiger partial charge is 0.496 e. The Bertz CT molecular complexity index is 454. The van der Waals surface area contributed by atoms with Crippen LogP contribution in [0, 0.1) is 6.92 Å². The lowest BCUT2D eigenvalue weighted by molar-refractivity contribution is 0.416. The molecule has 0 spiro atoms. The molecule has 0 saturated carbocycles. The van der Waals surface area contributed by atoms with Crippen molar-refractivity contribution in [1.29, 1.82) is 0 Å². The van der Waals surface area contributed by atoms with Crippen LogP contribution in [0.3, 0.4) is 0 Å². The molecule has 76 valence electrons. The summed E-state index contributed by atoms with van der Waals surface area (Å²) < 4.78 is 5.27. The molecule has 0 radical (unpaired) electrons. The van der Waals surface area contributed by atoms with Gasteiger partial charge in [0.25, 0.3) is 0 Å². The number of benzene rings is 1. The van der Waals surface area contributed by atoms with Gasteiger partial charge in [-0.2, -0.15) is 0 Å². The minimum atomic E-state index is 0.693. The van der Waals surface area contributed by atoms with E-state index in [0.29, 0.717) is 5.82 Å². The number of aromatic nitrogens is 2. The van der Waals surface area contributed by atoms with E-state index in [4.69, 9.17) is 4.74 Å². The van der Waals surface area contributed by atoms with Gasteiger partial charge < -0.3 is 4.74 Å². The molecule has 0 aliphatic carbocycles. The lowest BCUT2D eigenvalue weighted by Gasteiger charge is -2.07. The van der Waals surface area contributed by atoms with Gasteiger partial charge in [-0.15, -0.1) is 0 Å². The summed E-state index contributed by atoms with van der Waals surface area (Å²) >= 11 is 0. The van der Waals surface area contributed by atoms with E-state index in [-0.39, 0.29) is 0 Å². The lowest BCUT2D eigenvalue weighted by atomic mass is 10.1. The van der Waals surface area contributed by atoms with Crippen molar-refractivity contribution in [3.8, 4) is 17.1 Å². The highest BCUT2D eigenvalue weighted by Gasteiger charge is 2.07. The van der Waals surface area contributed by atoms with Gasteiger partial charge in [0.05, 0.1) is 12.7 Å². The van der Waals surface area contributed by atoms with E-state index in [1.54, 1.807) is 25.6 Å². The molecule has 3 heteroatoms. The Labute approximate surface area is 88.8 Å². The van der Waals surface area contributed by atoms with Crippen molar-refractivity contribution in [1.82, 2.24) is 9.97 Å². The van der Waals surface area contributed by atoms with Crippen LogP contribution in [0.4, 0.5) is 0 Å². The molecular weight excluding hydrogens is 188 g/mol. The fraction of sp³-hybridized carbons (Fsp3) is 0.167. The van der Waals surface area contributed by atoms with Gasteiger partial charge in [0.2, 0.25) is 0 Å². The second-order valence-corrected chi connectivity index (χ2v) is 3.28. The molecule has 3 nitrogen and oxygen atoms in total. The minimum absolute atomic E-state index is 0.693. The molecule has 0 saturated heterocycles. The molecule has 0 unspecified atom stereocenters. The van der Waals surface area contributed by atoms with Crippen LogP contribution in [0.5, 0.6) is 5.75 Å². The quantitative estimate of drug-likeness (QED) is 0.747. The van der Waals surface area contributed by atoms with Crippen LogP contribution in [0.25, 0.3) is 11.4 Å². The zero-order chi connectivity index (χ0) is 10.7. The maximum Gasteiger partial charge on any atom is 0.162 e. The summed E-state index contributed by atoms with van der Waals surface area (Å²) in [7, 11) is 1.65. The van der Waals surface area contributed by atoms with E-state index in [1.807, 2.05) is 25.1 Å². The highest BCUT2D eigenvalue weighted by molar-refractivity contribution is 5.64. The molecule has 1 heterocycles. The van der Waals surface area contributed by atoms with Crippen molar-refractivity contribution in [3.63, 3.8) is 0 Å². The zero-order valence-corrected chi connectivity index (χ0v) is 8.77. The van der Waals surface area contributed by atoms with E-state index in [1.165, 1.54) is 5.56 Å². The van der Waals surface area contributed by atoms with Crippen LogP contribution >= 0.6 is 0 Å². The minimum Gasteiger partial charge on any atom is -0.496 e. The maximum absolute atomic E-state index is 5.27. The Hall–Kier alpha value is -1.90. The Morgan fingerprint density at radius 3 is 2.53 bits per heavy atom. The lowest BCUT2D eigenvalue weighted by Crippen LogP contribution is -1.92. The monoisotopic (exact) mass is 200 g/mol. The van der Waals surface area contributed by atoms with E-state index in [2.05, 4.69) is 9.97 Å². The smallest absolute Gasteiger partial charge is 0.162 e. The summed E-state index contributed by atoms with van der Waals surface area (Å²) in [6.45, 7) is 2.03. The maximum atomic E-state index is 5.27. The predicted molar refractivity (Wildman–Crippen MR) is 58.8 cm³/mol. The van der Waals surface area contributed by atoms with Gasteiger partial charge >= 0.3 is 0 Å². The number of aryl methyl sites for hydroxylation is 1. The average molecular weight is 200 g/mol. The van der Waals surface area contributed by atoms with Crippen LogP contribution in [0.1, 0.15) is 5.56 Å². The van der Waals surface area contributed by atoms with Crippen molar-refractivity contribution in [3.05, 3.63) is 42.2 Å². The zero-order valence-electron chi connectivity index (χ0n) is 8.77.